The number of amides is 1. The van der Waals surface area contributed by atoms with Gasteiger partial charge in [0, 0.05) is 30.3 Å². The maximum atomic E-state index is 12.4. The van der Waals surface area contributed by atoms with Crippen molar-refractivity contribution >= 4 is 17.6 Å². The van der Waals surface area contributed by atoms with Gasteiger partial charge in [0.05, 0.1) is 4.92 Å². The van der Waals surface area contributed by atoms with E-state index in [1.54, 1.807) is 11.0 Å². The van der Waals surface area contributed by atoms with Crippen LogP contribution < -0.4 is 0 Å². The molecule has 8 nitrogen and oxygen atoms in total. The molecule has 1 aliphatic heterocycles. The van der Waals surface area contributed by atoms with E-state index in [1.807, 2.05) is 6.92 Å². The quantitative estimate of drug-likeness (QED) is 0.425. The molecule has 1 aliphatic rings. The van der Waals surface area contributed by atoms with E-state index in [1.165, 1.54) is 30.3 Å². The number of esters is 1. The molecule has 1 aromatic carbocycles. The first-order valence-electron chi connectivity index (χ1n) is 9.31. The molecule has 1 saturated heterocycles. The first kappa shape index (κ1) is 19.6. The average Bonchev–Trinajstić information content (AvgIpc) is 3.22. The van der Waals surface area contributed by atoms with Crippen LogP contribution in [0.5, 0.6) is 0 Å². The van der Waals surface area contributed by atoms with Gasteiger partial charge in [-0.1, -0.05) is 6.92 Å². The van der Waals surface area contributed by atoms with E-state index >= 15 is 0 Å². The smallest absolute Gasteiger partial charge is 0.374 e. The van der Waals surface area contributed by atoms with Gasteiger partial charge in [0.25, 0.3) is 11.6 Å². The predicted molar refractivity (Wildman–Crippen MR) is 101 cm³/mol. The lowest BCUT2D eigenvalue weighted by molar-refractivity contribution is -0.384. The molecule has 8 heteroatoms. The fourth-order valence-corrected chi connectivity index (χ4v) is 3.38. The van der Waals surface area contributed by atoms with Gasteiger partial charge in [0.2, 0.25) is 5.76 Å². The third-order valence-corrected chi connectivity index (χ3v) is 4.92. The molecule has 3 rings (SSSR count). The highest BCUT2D eigenvalue weighted by Gasteiger charge is 2.26. The largest absolute Gasteiger partial charge is 0.450 e. The highest BCUT2D eigenvalue weighted by atomic mass is 16.6. The van der Waals surface area contributed by atoms with E-state index in [2.05, 4.69) is 0 Å². The molecule has 0 saturated carbocycles. The molecule has 0 bridgehead atoms. The van der Waals surface area contributed by atoms with Crippen molar-refractivity contribution in [3.63, 3.8) is 0 Å². The van der Waals surface area contributed by atoms with Crippen LogP contribution in [0.25, 0.3) is 11.3 Å². The summed E-state index contributed by atoms with van der Waals surface area (Å²) in [6.45, 7) is 2.42. The maximum absolute atomic E-state index is 12.4. The fraction of sp³-hybridized carbons (Fsp3) is 0.400. The van der Waals surface area contributed by atoms with Crippen LogP contribution in [0.1, 0.15) is 43.2 Å². The zero-order valence-corrected chi connectivity index (χ0v) is 15.6. The van der Waals surface area contributed by atoms with Crippen molar-refractivity contribution in [3.05, 3.63) is 52.3 Å². The van der Waals surface area contributed by atoms with Gasteiger partial charge in [-0.3, -0.25) is 14.9 Å². The maximum Gasteiger partial charge on any atom is 0.374 e. The van der Waals surface area contributed by atoms with Gasteiger partial charge < -0.3 is 14.1 Å². The number of hydrogen-bond donors (Lipinski definition) is 0. The van der Waals surface area contributed by atoms with Crippen LogP contribution >= 0.6 is 0 Å². The third-order valence-electron chi connectivity index (χ3n) is 4.92. The number of furan rings is 1. The Balaban J connectivity index is 1.59. The second-order valence-corrected chi connectivity index (χ2v) is 6.69. The summed E-state index contributed by atoms with van der Waals surface area (Å²) < 4.78 is 10.6. The molecule has 1 amide bonds. The number of rotatable bonds is 6. The zero-order chi connectivity index (χ0) is 20.1. The van der Waals surface area contributed by atoms with Crippen LogP contribution in [0, 0.1) is 10.1 Å². The molecule has 2 heterocycles. The highest BCUT2D eigenvalue weighted by Crippen LogP contribution is 2.25. The number of carbonyl (C=O) groups is 2. The second kappa shape index (κ2) is 8.69. The number of carbonyl (C=O) groups excluding carboxylic acids is 2. The van der Waals surface area contributed by atoms with Crippen LogP contribution in [-0.2, 0) is 9.53 Å². The molecule has 0 radical (unpaired) electrons. The predicted octanol–water partition coefficient (Wildman–Crippen LogP) is 3.80. The fourth-order valence-electron chi connectivity index (χ4n) is 3.38. The summed E-state index contributed by atoms with van der Waals surface area (Å²) in [4.78, 5) is 36.6. The Kier molecular flexibility index (Phi) is 6.08. The van der Waals surface area contributed by atoms with E-state index in [9.17, 15) is 19.7 Å². The van der Waals surface area contributed by atoms with Crippen molar-refractivity contribution in [2.45, 2.75) is 38.6 Å². The van der Waals surface area contributed by atoms with Crippen molar-refractivity contribution < 1.29 is 23.7 Å². The Labute approximate surface area is 162 Å². The highest BCUT2D eigenvalue weighted by molar-refractivity contribution is 5.89. The number of benzene rings is 1. The van der Waals surface area contributed by atoms with Gasteiger partial charge in [-0.25, -0.2) is 4.79 Å². The number of nitrogens with zero attached hydrogens (tertiary/aromatic N) is 2. The SMILES string of the molecule is CCC1CCCCN1C(=O)COC(=O)c1ccc(-c2ccc([N+](=O)[O-])cc2)o1. The molecule has 0 N–H and O–H groups in total. The number of likely N-dealkylation sites (tertiary alicyclic amines) is 1. The molecular formula is C20H22N2O6. The van der Waals surface area contributed by atoms with Crippen LogP contribution in [-0.4, -0.2) is 40.9 Å². The van der Waals surface area contributed by atoms with E-state index in [0.29, 0.717) is 17.9 Å². The molecule has 2 aromatic rings. The summed E-state index contributed by atoms with van der Waals surface area (Å²) in [5.41, 5.74) is 0.566. The van der Waals surface area contributed by atoms with Crippen LogP contribution in [0.15, 0.2) is 40.8 Å². The lowest BCUT2D eigenvalue weighted by atomic mass is 10.00. The van der Waals surface area contributed by atoms with E-state index in [0.717, 1.165) is 25.7 Å². The number of piperidine rings is 1. The molecule has 28 heavy (non-hydrogen) atoms. The summed E-state index contributed by atoms with van der Waals surface area (Å²) in [6, 6.07) is 9.04. The summed E-state index contributed by atoms with van der Waals surface area (Å²) >= 11 is 0. The van der Waals surface area contributed by atoms with Crippen molar-refractivity contribution in [1.82, 2.24) is 4.90 Å². The normalized spacial score (nSPS) is 16.6. The zero-order valence-electron chi connectivity index (χ0n) is 15.6. The van der Waals surface area contributed by atoms with E-state index in [4.69, 9.17) is 9.15 Å². The number of nitro benzene ring substituents is 1. The third kappa shape index (κ3) is 4.39. The van der Waals surface area contributed by atoms with Gasteiger partial charge in [-0.15, -0.1) is 0 Å². The first-order valence-corrected chi connectivity index (χ1v) is 9.31. The van der Waals surface area contributed by atoms with Crippen molar-refractivity contribution in [2.75, 3.05) is 13.2 Å². The van der Waals surface area contributed by atoms with Crippen molar-refractivity contribution in [3.8, 4) is 11.3 Å². The Morgan fingerprint density at radius 2 is 1.96 bits per heavy atom. The summed E-state index contributed by atoms with van der Waals surface area (Å²) in [7, 11) is 0. The van der Waals surface area contributed by atoms with Gasteiger partial charge in [0.15, 0.2) is 6.61 Å². The Morgan fingerprint density at radius 1 is 1.21 bits per heavy atom. The van der Waals surface area contributed by atoms with Crippen LogP contribution in [0.2, 0.25) is 0 Å². The monoisotopic (exact) mass is 386 g/mol. The summed E-state index contributed by atoms with van der Waals surface area (Å²) in [5, 5.41) is 10.7. The average molecular weight is 386 g/mol. The molecule has 1 fully saturated rings. The second-order valence-electron chi connectivity index (χ2n) is 6.69. The molecule has 0 spiro atoms. The molecule has 1 aromatic heterocycles. The van der Waals surface area contributed by atoms with E-state index < -0.39 is 10.9 Å². The Bertz CT molecular complexity index is 858. The van der Waals surface area contributed by atoms with Gasteiger partial charge in [0.1, 0.15) is 5.76 Å². The molecule has 1 unspecified atom stereocenters. The van der Waals surface area contributed by atoms with Crippen LogP contribution in [0.3, 0.4) is 0 Å². The number of hydrogen-bond acceptors (Lipinski definition) is 6. The molecule has 0 aliphatic carbocycles. The minimum absolute atomic E-state index is 0.0214. The Morgan fingerprint density at radius 3 is 2.64 bits per heavy atom. The molecule has 1 atom stereocenters. The number of ether oxygens (including phenoxy) is 1. The van der Waals surface area contributed by atoms with Gasteiger partial charge >= 0.3 is 5.97 Å². The minimum Gasteiger partial charge on any atom is -0.450 e. The standard InChI is InChI=1S/C20H22N2O6/c1-2-15-5-3-4-12-21(15)19(23)13-27-20(24)18-11-10-17(28-18)14-6-8-16(9-7-14)22(25)26/h6-11,15H,2-5,12-13H2,1H3. The molecule has 148 valence electrons. The lowest BCUT2D eigenvalue weighted by Gasteiger charge is -2.35. The minimum atomic E-state index is -0.716. The molecular weight excluding hydrogens is 364 g/mol. The van der Waals surface area contributed by atoms with Gasteiger partial charge in [-0.05, 0) is 49.9 Å². The summed E-state index contributed by atoms with van der Waals surface area (Å²) in [5.74, 6) is -0.546. The van der Waals surface area contributed by atoms with Gasteiger partial charge in [-0.2, -0.15) is 0 Å². The number of non-ortho nitro benzene ring substituents is 1. The van der Waals surface area contributed by atoms with Crippen LogP contribution in [0.4, 0.5) is 5.69 Å². The van der Waals surface area contributed by atoms with Crippen molar-refractivity contribution in [2.24, 2.45) is 0 Å². The first-order chi connectivity index (χ1) is 13.5. The lowest BCUT2D eigenvalue weighted by Crippen LogP contribution is -2.45. The summed E-state index contributed by atoms with van der Waals surface area (Å²) in [6.07, 6.45) is 3.94. The van der Waals surface area contributed by atoms with Crippen molar-refractivity contribution in [1.29, 1.82) is 0 Å². The Hall–Kier alpha value is -3.16. The van der Waals surface area contributed by atoms with E-state index in [-0.39, 0.29) is 30.0 Å². The topological polar surface area (TPSA) is 103 Å². The number of nitro groups is 1.